The molecule has 5 aromatic rings. The summed E-state index contributed by atoms with van der Waals surface area (Å²) < 4.78 is 0. The summed E-state index contributed by atoms with van der Waals surface area (Å²) in [6.45, 7) is 13.6. The average Bonchev–Trinajstić information content (AvgIpc) is 3.61. The molecule has 5 aromatic carbocycles. The van der Waals surface area contributed by atoms with Crippen molar-refractivity contribution in [3.8, 4) is 0 Å². The second-order valence-electron chi connectivity index (χ2n) is 13.4. The Morgan fingerprint density at radius 2 is 1.07 bits per heavy atom. The van der Waals surface area contributed by atoms with Crippen molar-refractivity contribution in [3.05, 3.63) is 149 Å². The van der Waals surface area contributed by atoms with E-state index in [0.29, 0.717) is 0 Å². The molecule has 0 nitrogen and oxygen atoms in total. The molecule has 6 rings (SSSR count). The van der Waals surface area contributed by atoms with Crippen LogP contribution in [0.25, 0.3) is 21.5 Å². The van der Waals surface area contributed by atoms with Crippen LogP contribution in [0.15, 0.2) is 120 Å². The van der Waals surface area contributed by atoms with Crippen LogP contribution in [0, 0.1) is 6.08 Å². The Bertz CT molecular complexity index is 1560. The molecule has 0 saturated carbocycles. The first-order valence-corrected chi connectivity index (χ1v) is 16.8. The third kappa shape index (κ3) is 9.70. The molecule has 1 radical (unpaired) electrons. The number of hydrogen-bond donors (Lipinski definition) is 0. The molecule has 0 bridgehead atoms. The van der Waals surface area contributed by atoms with Crippen molar-refractivity contribution >= 4 is 30.3 Å². The Balaban J connectivity index is 0.000000287. The Kier molecular flexibility index (Phi) is 14.3. The van der Waals surface area contributed by atoms with Gasteiger partial charge in [-0.2, -0.15) is 6.08 Å². The van der Waals surface area contributed by atoms with Crippen molar-refractivity contribution in [2.45, 2.75) is 70.9 Å². The van der Waals surface area contributed by atoms with Crippen molar-refractivity contribution in [1.82, 2.24) is 0 Å². The van der Waals surface area contributed by atoms with Crippen molar-refractivity contribution in [2.24, 2.45) is 0 Å². The fourth-order valence-corrected chi connectivity index (χ4v) is 8.21. The maximum atomic E-state index is 3.55. The molecule has 0 saturated heterocycles. The second-order valence-corrected chi connectivity index (χ2v) is 15.8. The van der Waals surface area contributed by atoms with Gasteiger partial charge < -0.3 is 24.8 Å². The zero-order chi connectivity index (χ0) is 29.0. The SMILES string of the molecule is CC(C)(C)c1ccc2c(c1)[cH-]c1cc(C(C)(C)C)ccc12.[C-]1=C([Si](Cc2ccccc2)Cc2ccccc2)C=CC1.[Cl-].[Cl-].[Zr+4]. The summed E-state index contributed by atoms with van der Waals surface area (Å²) in [4.78, 5) is 0. The first-order valence-electron chi connectivity index (χ1n) is 14.9. The molecule has 0 N–H and O–H groups in total. The van der Waals surface area contributed by atoms with Gasteiger partial charge in [-0.25, -0.2) is 11.3 Å². The summed E-state index contributed by atoms with van der Waals surface area (Å²) >= 11 is 0. The third-order valence-corrected chi connectivity index (χ3v) is 10.8. The van der Waals surface area contributed by atoms with Gasteiger partial charge in [0.25, 0.3) is 0 Å². The van der Waals surface area contributed by atoms with E-state index in [1.54, 1.807) is 0 Å². The third-order valence-electron chi connectivity index (χ3n) is 8.03. The molecular weight excluding hydrogens is 671 g/mol. The van der Waals surface area contributed by atoms with Crippen LogP contribution in [0.5, 0.6) is 0 Å². The number of rotatable bonds is 5. The predicted octanol–water partition coefficient (Wildman–Crippen LogP) is 4.59. The van der Waals surface area contributed by atoms with Crippen molar-refractivity contribution in [2.75, 3.05) is 0 Å². The number of allylic oxidation sites excluding steroid dienone is 4. The van der Waals surface area contributed by atoms with Gasteiger partial charge in [-0.15, -0.1) is 46.2 Å². The minimum atomic E-state index is -0.608. The number of benzene rings is 4. The number of halogens is 2. The Morgan fingerprint density at radius 3 is 1.43 bits per heavy atom. The zero-order valence-electron chi connectivity index (χ0n) is 26.8. The van der Waals surface area contributed by atoms with Crippen LogP contribution < -0.4 is 24.8 Å². The average molecular weight is 714 g/mol. The maximum absolute atomic E-state index is 3.55. The standard InChI is InChI=1S/C21H25.C19H18Si.2ClH.Zr/c1-20(2,3)16-7-9-18-14(12-16)11-15-13-17(21(4,5)6)8-10-19(15)18;1-3-9-17(10-4-1)15-20(19-13-7-8-14-19)16-18-11-5-2-6-12-18;;;/h7-13H,1-6H3;1-7,9-13H,8,15-16H2;2*1H;/q2*-1;;;+4/p-2. The largest absolute Gasteiger partial charge is 4.00 e. The van der Waals surface area contributed by atoms with Crippen molar-refractivity contribution in [1.29, 1.82) is 0 Å². The van der Waals surface area contributed by atoms with Crippen LogP contribution in [-0.2, 0) is 49.1 Å². The van der Waals surface area contributed by atoms with Crippen LogP contribution in [0.1, 0.15) is 70.2 Å². The monoisotopic (exact) mass is 711 g/mol. The molecule has 0 amide bonds. The minimum absolute atomic E-state index is 0. The molecule has 1 aliphatic carbocycles. The van der Waals surface area contributed by atoms with E-state index < -0.39 is 8.80 Å². The van der Waals surface area contributed by atoms with Gasteiger partial charge in [-0.1, -0.05) is 149 Å². The quantitative estimate of drug-likeness (QED) is 0.185. The fraction of sp³-hybridized carbons (Fsp3) is 0.275. The topological polar surface area (TPSA) is 0 Å². The van der Waals surface area contributed by atoms with Crippen molar-refractivity contribution in [3.63, 3.8) is 0 Å². The summed E-state index contributed by atoms with van der Waals surface area (Å²) in [5.74, 6) is 0. The summed E-state index contributed by atoms with van der Waals surface area (Å²) in [5, 5.41) is 6.95. The Labute approximate surface area is 299 Å². The van der Waals surface area contributed by atoms with E-state index in [1.807, 2.05) is 0 Å². The van der Waals surface area contributed by atoms with Crippen LogP contribution in [0.4, 0.5) is 0 Å². The Hall–Kier alpha value is -2.09. The van der Waals surface area contributed by atoms with Gasteiger partial charge >= 0.3 is 26.2 Å². The van der Waals surface area contributed by atoms with Crippen LogP contribution in [0.3, 0.4) is 0 Å². The smallest absolute Gasteiger partial charge is 1.00 e. The predicted molar refractivity (Wildman–Crippen MR) is 181 cm³/mol. The fourth-order valence-electron chi connectivity index (χ4n) is 5.54. The van der Waals surface area contributed by atoms with Crippen LogP contribution in [-0.4, -0.2) is 8.80 Å². The number of fused-ring (bicyclic) bond motifs is 3. The molecule has 4 heteroatoms. The summed E-state index contributed by atoms with van der Waals surface area (Å²) in [7, 11) is -0.608. The maximum Gasteiger partial charge on any atom is 4.00 e. The van der Waals surface area contributed by atoms with Gasteiger partial charge in [0.2, 0.25) is 0 Å². The van der Waals surface area contributed by atoms with Gasteiger partial charge in [-0.05, 0) is 22.9 Å². The molecule has 0 heterocycles. The molecule has 0 aliphatic heterocycles. The first-order chi connectivity index (χ1) is 19.6. The van der Waals surface area contributed by atoms with E-state index in [9.17, 15) is 0 Å². The van der Waals surface area contributed by atoms with E-state index in [4.69, 9.17) is 0 Å². The van der Waals surface area contributed by atoms with E-state index in [-0.39, 0.29) is 61.8 Å². The molecule has 0 spiro atoms. The molecule has 0 fully saturated rings. The Morgan fingerprint density at radius 1 is 0.636 bits per heavy atom. The first kappa shape index (κ1) is 38.1. The van der Waals surface area contributed by atoms with Gasteiger partial charge in [0.15, 0.2) is 0 Å². The minimum Gasteiger partial charge on any atom is -1.00 e. The van der Waals surface area contributed by atoms with Crippen molar-refractivity contribution < 1.29 is 51.0 Å². The summed E-state index contributed by atoms with van der Waals surface area (Å²) in [6, 6.07) is 40.3. The molecule has 44 heavy (non-hydrogen) atoms. The van der Waals surface area contributed by atoms with Gasteiger partial charge in [0.1, 0.15) is 0 Å². The van der Waals surface area contributed by atoms with Gasteiger partial charge in [0, 0.05) is 0 Å². The van der Waals surface area contributed by atoms with Crippen LogP contribution >= 0.6 is 0 Å². The molecule has 0 aromatic heterocycles. The number of hydrogen-bond acceptors (Lipinski definition) is 0. The van der Waals surface area contributed by atoms with E-state index in [0.717, 1.165) is 6.42 Å². The van der Waals surface area contributed by atoms with Gasteiger partial charge in [0.05, 0.1) is 8.80 Å². The molecular formula is C40H43Cl2SiZr. The molecule has 225 valence electrons. The molecule has 0 atom stereocenters. The summed E-state index contributed by atoms with van der Waals surface area (Å²) in [5.41, 5.74) is 6.11. The second kappa shape index (κ2) is 16.5. The van der Waals surface area contributed by atoms with Gasteiger partial charge in [-0.3, -0.25) is 6.08 Å². The van der Waals surface area contributed by atoms with E-state index in [2.05, 4.69) is 163 Å². The molecule has 0 unspecified atom stereocenters. The normalized spacial score (nSPS) is 12.6. The van der Waals surface area contributed by atoms with E-state index in [1.165, 1.54) is 61.1 Å². The molecule has 1 aliphatic rings. The van der Waals surface area contributed by atoms with Crippen LogP contribution in [0.2, 0.25) is 0 Å². The zero-order valence-corrected chi connectivity index (χ0v) is 31.8. The summed E-state index contributed by atoms with van der Waals surface area (Å²) in [6.07, 6.45) is 9.07. The van der Waals surface area contributed by atoms with E-state index >= 15 is 0 Å².